The molecule has 0 bridgehead atoms. The molecule has 7 nitrogen and oxygen atoms in total. The first-order valence-electron chi connectivity index (χ1n) is 8.16. The van der Waals surface area contributed by atoms with E-state index in [0.717, 1.165) is 0 Å². The smallest absolute Gasteiger partial charge is 0.250 e. The summed E-state index contributed by atoms with van der Waals surface area (Å²) < 4.78 is 28.7. The average molecular weight is 377 g/mol. The van der Waals surface area contributed by atoms with Gasteiger partial charge in [-0.05, 0) is 45.0 Å². The highest BCUT2D eigenvalue weighted by atomic mass is 32.2. The normalized spacial score (nSPS) is 12.0. The summed E-state index contributed by atoms with van der Waals surface area (Å²) in [6.07, 6.45) is 1.71. The van der Waals surface area contributed by atoms with Crippen molar-refractivity contribution in [1.82, 2.24) is 9.29 Å². The molecule has 26 heavy (non-hydrogen) atoms. The molecule has 0 aliphatic carbocycles. The lowest BCUT2D eigenvalue weighted by molar-refractivity contribution is -0.116. The summed E-state index contributed by atoms with van der Waals surface area (Å²) in [4.78, 5) is 23.8. The first-order valence-corrected chi connectivity index (χ1v) is 9.64. The molecule has 140 valence electrons. The van der Waals surface area contributed by atoms with Crippen LogP contribution in [0.15, 0.2) is 58.4 Å². The van der Waals surface area contributed by atoms with E-state index in [1.165, 1.54) is 22.8 Å². The van der Waals surface area contributed by atoms with Gasteiger partial charge in [-0.3, -0.25) is 9.59 Å². The van der Waals surface area contributed by atoms with E-state index in [1.807, 2.05) is 0 Å². The molecule has 1 aromatic heterocycles. The van der Waals surface area contributed by atoms with Crippen LogP contribution < -0.4 is 15.6 Å². The molecule has 0 radical (unpaired) electrons. The first kappa shape index (κ1) is 19.9. The minimum absolute atomic E-state index is 0.0736. The Morgan fingerprint density at radius 3 is 2.50 bits per heavy atom. The number of hydrogen-bond donors (Lipinski definition) is 2. The summed E-state index contributed by atoms with van der Waals surface area (Å²) >= 11 is 0. The third-order valence-electron chi connectivity index (χ3n) is 3.35. The summed E-state index contributed by atoms with van der Waals surface area (Å²) in [5.41, 5.74) is -0.407. The molecule has 0 unspecified atom stereocenters. The number of nitrogens with zero attached hydrogens (tertiary/aromatic N) is 1. The Balaban J connectivity index is 2.05. The predicted octanol–water partition coefficient (Wildman–Crippen LogP) is 1.95. The Kier molecular flexibility index (Phi) is 5.99. The van der Waals surface area contributed by atoms with Gasteiger partial charge in [-0.25, -0.2) is 13.1 Å². The fourth-order valence-electron chi connectivity index (χ4n) is 2.29. The molecular weight excluding hydrogens is 354 g/mol. The number of hydrogen-bond acceptors (Lipinski definition) is 4. The number of anilines is 1. The maximum absolute atomic E-state index is 12.4. The number of carbonyl (C=O) groups is 1. The number of aromatic nitrogens is 1. The monoisotopic (exact) mass is 377 g/mol. The van der Waals surface area contributed by atoms with E-state index in [1.54, 1.807) is 51.2 Å². The lowest BCUT2D eigenvalue weighted by Crippen LogP contribution is -2.40. The summed E-state index contributed by atoms with van der Waals surface area (Å²) in [6.45, 7) is 5.50. The number of pyridine rings is 1. The number of aryl methyl sites for hydroxylation is 1. The number of nitrogens with one attached hydrogen (secondary N) is 2. The largest absolute Gasteiger partial charge is 0.326 e. The quantitative estimate of drug-likeness (QED) is 0.804. The molecule has 1 amide bonds. The number of carbonyl (C=O) groups excluding carboxylic acids is 1. The highest BCUT2D eigenvalue weighted by Gasteiger charge is 2.22. The van der Waals surface area contributed by atoms with Gasteiger partial charge in [0.05, 0.1) is 4.90 Å². The molecule has 0 atom stereocenters. The lowest BCUT2D eigenvalue weighted by Gasteiger charge is -2.20. The van der Waals surface area contributed by atoms with E-state index >= 15 is 0 Å². The minimum atomic E-state index is -3.68. The van der Waals surface area contributed by atoms with Crippen molar-refractivity contribution in [2.45, 2.75) is 44.2 Å². The van der Waals surface area contributed by atoms with Crippen molar-refractivity contribution >= 4 is 21.6 Å². The second-order valence-corrected chi connectivity index (χ2v) is 8.60. The van der Waals surface area contributed by atoms with Crippen LogP contribution in [0.1, 0.15) is 27.2 Å². The van der Waals surface area contributed by atoms with Gasteiger partial charge < -0.3 is 9.88 Å². The van der Waals surface area contributed by atoms with E-state index in [0.29, 0.717) is 5.69 Å². The van der Waals surface area contributed by atoms with Crippen LogP contribution >= 0.6 is 0 Å². The van der Waals surface area contributed by atoms with Gasteiger partial charge in [0.2, 0.25) is 15.9 Å². The van der Waals surface area contributed by atoms with Crippen LogP contribution in [0.4, 0.5) is 5.69 Å². The Bertz CT molecular complexity index is 943. The molecular formula is C18H23N3O4S. The van der Waals surface area contributed by atoms with Crippen molar-refractivity contribution in [2.24, 2.45) is 0 Å². The minimum Gasteiger partial charge on any atom is -0.326 e. The predicted molar refractivity (Wildman–Crippen MR) is 100 cm³/mol. The van der Waals surface area contributed by atoms with Crippen LogP contribution in [-0.2, 0) is 21.4 Å². The van der Waals surface area contributed by atoms with Crippen molar-refractivity contribution in [3.05, 3.63) is 59.0 Å². The average Bonchev–Trinajstić information content (AvgIpc) is 2.52. The molecule has 1 heterocycles. The van der Waals surface area contributed by atoms with Gasteiger partial charge in [0.15, 0.2) is 0 Å². The number of sulfonamides is 1. The number of rotatable bonds is 6. The van der Waals surface area contributed by atoms with Gasteiger partial charge >= 0.3 is 0 Å². The van der Waals surface area contributed by atoms with Crippen molar-refractivity contribution < 1.29 is 13.2 Å². The second kappa shape index (κ2) is 7.84. The van der Waals surface area contributed by atoms with E-state index in [2.05, 4.69) is 10.0 Å². The van der Waals surface area contributed by atoms with Crippen molar-refractivity contribution in [1.29, 1.82) is 0 Å². The molecule has 2 N–H and O–H groups in total. The molecule has 1 aromatic carbocycles. The van der Waals surface area contributed by atoms with Crippen LogP contribution in [0.2, 0.25) is 0 Å². The van der Waals surface area contributed by atoms with Gasteiger partial charge in [-0.1, -0.05) is 12.1 Å². The van der Waals surface area contributed by atoms with Crippen LogP contribution in [0.25, 0.3) is 0 Å². The maximum Gasteiger partial charge on any atom is 0.250 e. The maximum atomic E-state index is 12.4. The third kappa shape index (κ3) is 5.82. The van der Waals surface area contributed by atoms with E-state index in [9.17, 15) is 18.0 Å². The highest BCUT2D eigenvalue weighted by molar-refractivity contribution is 7.89. The fraction of sp³-hybridized carbons (Fsp3) is 0.333. The molecule has 0 saturated carbocycles. The van der Waals surface area contributed by atoms with Gasteiger partial charge in [-0.2, -0.15) is 0 Å². The topological polar surface area (TPSA) is 97.3 Å². The van der Waals surface area contributed by atoms with E-state index < -0.39 is 15.6 Å². The van der Waals surface area contributed by atoms with Crippen LogP contribution in [0.3, 0.4) is 0 Å². The van der Waals surface area contributed by atoms with E-state index in [-0.39, 0.29) is 29.3 Å². The zero-order valence-corrected chi connectivity index (χ0v) is 15.8. The summed E-state index contributed by atoms with van der Waals surface area (Å²) in [5, 5.41) is 2.66. The van der Waals surface area contributed by atoms with Gasteiger partial charge in [0.1, 0.15) is 0 Å². The van der Waals surface area contributed by atoms with Gasteiger partial charge in [0, 0.05) is 36.5 Å². The van der Waals surface area contributed by atoms with Crippen LogP contribution in [0, 0.1) is 0 Å². The van der Waals surface area contributed by atoms with Crippen LogP contribution in [0.5, 0.6) is 0 Å². The Morgan fingerprint density at radius 2 is 1.85 bits per heavy atom. The molecule has 0 aliphatic rings. The molecule has 0 aliphatic heterocycles. The van der Waals surface area contributed by atoms with Crippen molar-refractivity contribution in [3.8, 4) is 0 Å². The number of amides is 1. The lowest BCUT2D eigenvalue weighted by atomic mass is 10.1. The fourth-order valence-corrected chi connectivity index (χ4v) is 3.76. The molecule has 2 aromatic rings. The zero-order chi connectivity index (χ0) is 19.4. The van der Waals surface area contributed by atoms with Crippen molar-refractivity contribution in [3.63, 3.8) is 0 Å². The zero-order valence-electron chi connectivity index (χ0n) is 15.0. The summed E-state index contributed by atoms with van der Waals surface area (Å²) in [7, 11) is -3.68. The Morgan fingerprint density at radius 1 is 1.12 bits per heavy atom. The third-order valence-corrected chi connectivity index (χ3v) is 5.10. The summed E-state index contributed by atoms with van der Waals surface area (Å²) in [5.74, 6) is -0.306. The molecule has 0 spiro atoms. The molecule has 0 saturated heterocycles. The SMILES string of the molecule is CC(C)(C)NS(=O)(=O)c1cccc(NC(=O)CCn2ccccc2=O)c1. The number of benzene rings is 1. The Labute approximate surface area is 153 Å². The van der Waals surface area contributed by atoms with Gasteiger partial charge in [0.25, 0.3) is 5.56 Å². The van der Waals surface area contributed by atoms with E-state index in [4.69, 9.17) is 0 Å². The first-order chi connectivity index (χ1) is 12.1. The highest BCUT2D eigenvalue weighted by Crippen LogP contribution is 2.17. The van der Waals surface area contributed by atoms with Crippen LogP contribution in [-0.4, -0.2) is 24.4 Å². The standard InChI is InChI=1S/C18H23N3O4S/c1-18(2,3)20-26(24,25)15-8-6-7-14(13-15)19-16(22)10-12-21-11-5-4-9-17(21)23/h4-9,11,13,20H,10,12H2,1-3H3,(H,19,22). The van der Waals surface area contributed by atoms with Crippen molar-refractivity contribution in [2.75, 3.05) is 5.32 Å². The van der Waals surface area contributed by atoms with Gasteiger partial charge in [-0.15, -0.1) is 0 Å². The Hall–Kier alpha value is -2.45. The molecule has 0 fully saturated rings. The molecule has 2 rings (SSSR count). The summed E-state index contributed by atoms with van der Waals surface area (Å²) in [6, 6.07) is 10.8. The molecule has 8 heteroatoms. The second-order valence-electron chi connectivity index (χ2n) is 6.91.